The van der Waals surface area contributed by atoms with Gasteiger partial charge in [0.1, 0.15) is 5.03 Å². The molecule has 2 nitrogen and oxygen atoms in total. The summed E-state index contributed by atoms with van der Waals surface area (Å²) in [5, 5.41) is 5.26. The predicted molar refractivity (Wildman–Crippen MR) is 87.4 cm³/mol. The maximum atomic E-state index is 6.13. The molecule has 0 unspecified atom stereocenters. The normalized spacial score (nSPS) is 14.5. The van der Waals surface area contributed by atoms with Crippen molar-refractivity contribution in [1.29, 1.82) is 0 Å². The number of benzene rings is 1. The highest BCUT2D eigenvalue weighted by atomic mass is 79.9. The predicted octanol–water partition coefficient (Wildman–Crippen LogP) is 4.90. The van der Waals surface area contributed by atoms with Gasteiger partial charge in [0.05, 0.1) is 4.47 Å². The molecule has 20 heavy (non-hydrogen) atoms. The van der Waals surface area contributed by atoms with Gasteiger partial charge in [0.2, 0.25) is 0 Å². The van der Waals surface area contributed by atoms with E-state index in [1.807, 2.05) is 24.3 Å². The van der Waals surface area contributed by atoms with E-state index in [9.17, 15) is 0 Å². The van der Waals surface area contributed by atoms with Crippen LogP contribution in [-0.2, 0) is 6.54 Å². The molecule has 1 N–H and O–H groups in total. The van der Waals surface area contributed by atoms with Gasteiger partial charge >= 0.3 is 0 Å². The van der Waals surface area contributed by atoms with Crippen LogP contribution in [0.4, 0.5) is 0 Å². The van der Waals surface area contributed by atoms with Crippen molar-refractivity contribution in [2.75, 3.05) is 0 Å². The van der Waals surface area contributed by atoms with Crippen molar-refractivity contribution in [1.82, 2.24) is 10.3 Å². The Morgan fingerprint density at radius 3 is 2.95 bits per heavy atom. The van der Waals surface area contributed by atoms with E-state index in [2.05, 4.69) is 32.3 Å². The van der Waals surface area contributed by atoms with Crippen LogP contribution in [-0.4, -0.2) is 11.0 Å². The smallest absolute Gasteiger partial charge is 0.115 e. The van der Waals surface area contributed by atoms with Gasteiger partial charge in [-0.15, -0.1) is 0 Å². The van der Waals surface area contributed by atoms with Crippen LogP contribution in [0.15, 0.2) is 50.9 Å². The minimum atomic E-state index is 0.699. The van der Waals surface area contributed by atoms with Crippen molar-refractivity contribution in [2.45, 2.75) is 35.3 Å². The third-order valence-corrected chi connectivity index (χ3v) is 5.38. The first kappa shape index (κ1) is 14.4. The molecule has 0 amide bonds. The third-order valence-electron chi connectivity index (χ3n) is 3.12. The van der Waals surface area contributed by atoms with Crippen molar-refractivity contribution >= 4 is 39.3 Å². The van der Waals surface area contributed by atoms with Gasteiger partial charge in [-0.1, -0.05) is 29.4 Å². The second-order valence-electron chi connectivity index (χ2n) is 4.80. The third kappa shape index (κ3) is 3.76. The zero-order valence-electron chi connectivity index (χ0n) is 10.8. The summed E-state index contributed by atoms with van der Waals surface area (Å²) < 4.78 is 1.01. The molecular formula is C15H14BrClN2S. The lowest BCUT2D eigenvalue weighted by atomic mass is 10.2. The zero-order valence-corrected chi connectivity index (χ0v) is 13.9. The van der Waals surface area contributed by atoms with Crippen LogP contribution in [0.3, 0.4) is 0 Å². The highest BCUT2D eigenvalue weighted by Gasteiger charge is 2.20. The van der Waals surface area contributed by atoms with E-state index in [1.54, 1.807) is 18.0 Å². The molecule has 1 aromatic carbocycles. The molecule has 0 atom stereocenters. The molecule has 1 aliphatic carbocycles. The monoisotopic (exact) mass is 368 g/mol. The average Bonchev–Trinajstić information content (AvgIpc) is 3.25. The molecule has 0 radical (unpaired) electrons. The van der Waals surface area contributed by atoms with Gasteiger partial charge in [0, 0.05) is 28.7 Å². The fourth-order valence-electron chi connectivity index (χ4n) is 1.86. The standard InChI is InChI=1S/C15H14BrClN2S/c16-13-2-1-7-18-15(13)20-14-8-11(17)4-3-10(14)9-19-12-5-6-12/h1-4,7-8,12,19H,5-6,9H2. The van der Waals surface area contributed by atoms with Crippen molar-refractivity contribution in [3.05, 3.63) is 51.6 Å². The molecule has 1 aromatic heterocycles. The number of pyridine rings is 1. The van der Waals surface area contributed by atoms with Gasteiger partial charge in [-0.2, -0.15) is 0 Å². The molecule has 0 bridgehead atoms. The van der Waals surface area contributed by atoms with Crippen LogP contribution >= 0.6 is 39.3 Å². The molecule has 1 aliphatic rings. The summed E-state index contributed by atoms with van der Waals surface area (Å²) >= 11 is 11.3. The summed E-state index contributed by atoms with van der Waals surface area (Å²) in [5.74, 6) is 0. The average molecular weight is 370 g/mol. The second kappa shape index (κ2) is 6.48. The van der Waals surface area contributed by atoms with Gasteiger partial charge in [-0.05, 0) is 58.6 Å². The zero-order chi connectivity index (χ0) is 13.9. The highest BCUT2D eigenvalue weighted by Crippen LogP contribution is 2.35. The lowest BCUT2D eigenvalue weighted by Gasteiger charge is -2.11. The summed E-state index contributed by atoms with van der Waals surface area (Å²) in [6.45, 7) is 0.884. The quantitative estimate of drug-likeness (QED) is 0.811. The van der Waals surface area contributed by atoms with Gasteiger partial charge in [-0.3, -0.25) is 0 Å². The Bertz CT molecular complexity index is 617. The fourth-order valence-corrected chi connectivity index (χ4v) is 3.54. The summed E-state index contributed by atoms with van der Waals surface area (Å²) in [6.07, 6.45) is 4.39. The maximum absolute atomic E-state index is 6.13. The van der Waals surface area contributed by atoms with E-state index in [4.69, 9.17) is 11.6 Å². The van der Waals surface area contributed by atoms with Gasteiger partial charge in [0.15, 0.2) is 0 Å². The van der Waals surface area contributed by atoms with Gasteiger partial charge in [-0.25, -0.2) is 4.98 Å². The molecule has 0 spiro atoms. The minimum Gasteiger partial charge on any atom is -0.310 e. The minimum absolute atomic E-state index is 0.699. The van der Waals surface area contributed by atoms with Crippen molar-refractivity contribution in [3.63, 3.8) is 0 Å². The van der Waals surface area contributed by atoms with Crippen LogP contribution in [0.1, 0.15) is 18.4 Å². The Balaban J connectivity index is 1.82. The second-order valence-corrected chi connectivity index (χ2v) is 7.12. The first-order valence-corrected chi connectivity index (χ1v) is 8.51. The van der Waals surface area contributed by atoms with E-state index in [-0.39, 0.29) is 0 Å². The molecule has 2 aromatic rings. The van der Waals surface area contributed by atoms with Crippen molar-refractivity contribution in [3.8, 4) is 0 Å². The Kier molecular flexibility index (Phi) is 4.66. The number of nitrogens with zero attached hydrogens (tertiary/aromatic N) is 1. The van der Waals surface area contributed by atoms with E-state index in [0.717, 1.165) is 26.0 Å². The molecule has 5 heteroatoms. The van der Waals surface area contributed by atoms with Crippen LogP contribution < -0.4 is 5.32 Å². The van der Waals surface area contributed by atoms with Crippen LogP contribution in [0, 0.1) is 0 Å². The summed E-state index contributed by atoms with van der Waals surface area (Å²) in [4.78, 5) is 5.56. The number of aromatic nitrogens is 1. The van der Waals surface area contributed by atoms with Crippen molar-refractivity contribution < 1.29 is 0 Å². The van der Waals surface area contributed by atoms with E-state index >= 15 is 0 Å². The van der Waals surface area contributed by atoms with Gasteiger partial charge in [0.25, 0.3) is 0 Å². The van der Waals surface area contributed by atoms with E-state index in [0.29, 0.717) is 6.04 Å². The summed E-state index contributed by atoms with van der Waals surface area (Å²) in [7, 11) is 0. The molecule has 0 saturated heterocycles. The molecule has 1 saturated carbocycles. The number of rotatable bonds is 5. The van der Waals surface area contributed by atoms with Crippen LogP contribution in [0.2, 0.25) is 5.02 Å². The molecule has 0 aliphatic heterocycles. The van der Waals surface area contributed by atoms with Crippen LogP contribution in [0.5, 0.6) is 0 Å². The largest absolute Gasteiger partial charge is 0.310 e. The number of halogens is 2. The number of hydrogen-bond donors (Lipinski definition) is 1. The fraction of sp³-hybridized carbons (Fsp3) is 0.267. The Morgan fingerprint density at radius 2 is 2.20 bits per heavy atom. The molecule has 1 heterocycles. The lowest BCUT2D eigenvalue weighted by Crippen LogP contribution is -2.15. The van der Waals surface area contributed by atoms with E-state index in [1.165, 1.54) is 18.4 Å². The first-order valence-electron chi connectivity index (χ1n) is 6.52. The molecule has 3 rings (SSSR count). The topological polar surface area (TPSA) is 24.9 Å². The number of hydrogen-bond acceptors (Lipinski definition) is 3. The Morgan fingerprint density at radius 1 is 1.35 bits per heavy atom. The Labute approximate surface area is 136 Å². The molecule has 1 fully saturated rings. The molecule has 104 valence electrons. The highest BCUT2D eigenvalue weighted by molar-refractivity contribution is 9.10. The number of nitrogens with one attached hydrogen (secondary N) is 1. The van der Waals surface area contributed by atoms with E-state index < -0.39 is 0 Å². The SMILES string of the molecule is Clc1ccc(CNC2CC2)c(Sc2ncccc2Br)c1. The maximum Gasteiger partial charge on any atom is 0.115 e. The van der Waals surface area contributed by atoms with Gasteiger partial charge < -0.3 is 5.32 Å². The molecular weight excluding hydrogens is 356 g/mol. The Hall–Kier alpha value is -0.550. The van der Waals surface area contributed by atoms with Crippen molar-refractivity contribution in [2.24, 2.45) is 0 Å². The summed E-state index contributed by atoms with van der Waals surface area (Å²) in [6, 6.07) is 10.7. The first-order chi connectivity index (χ1) is 9.72. The lowest BCUT2D eigenvalue weighted by molar-refractivity contribution is 0.680. The van der Waals surface area contributed by atoms with Crippen LogP contribution in [0.25, 0.3) is 0 Å². The summed E-state index contributed by atoms with van der Waals surface area (Å²) in [5.41, 5.74) is 1.27.